The minimum absolute atomic E-state index is 0.118. The van der Waals surface area contributed by atoms with Crippen LogP contribution in [0.4, 0.5) is 5.69 Å². The SMILES string of the molecule is Cc1ccc(NC(=O)COc2cccc(C(=O)O)c2)cc1C. The van der Waals surface area contributed by atoms with Gasteiger partial charge in [0.2, 0.25) is 0 Å². The van der Waals surface area contributed by atoms with Crippen LogP contribution >= 0.6 is 0 Å². The molecule has 22 heavy (non-hydrogen) atoms. The fourth-order valence-electron chi connectivity index (χ4n) is 1.88. The van der Waals surface area contributed by atoms with Crippen molar-refractivity contribution in [2.45, 2.75) is 13.8 Å². The van der Waals surface area contributed by atoms with Gasteiger partial charge in [-0.2, -0.15) is 0 Å². The van der Waals surface area contributed by atoms with Crippen LogP contribution in [0.25, 0.3) is 0 Å². The number of aryl methyl sites for hydroxylation is 2. The first-order valence-corrected chi connectivity index (χ1v) is 6.79. The number of hydrogen-bond acceptors (Lipinski definition) is 3. The number of carboxylic acid groups (broad SMARTS) is 1. The zero-order chi connectivity index (χ0) is 16.1. The predicted molar refractivity (Wildman–Crippen MR) is 83.4 cm³/mol. The number of benzene rings is 2. The molecule has 0 bridgehead atoms. The van der Waals surface area contributed by atoms with E-state index < -0.39 is 5.97 Å². The van der Waals surface area contributed by atoms with Crippen LogP contribution in [-0.2, 0) is 4.79 Å². The highest BCUT2D eigenvalue weighted by Gasteiger charge is 2.07. The quantitative estimate of drug-likeness (QED) is 0.890. The Morgan fingerprint density at radius 1 is 1.09 bits per heavy atom. The molecule has 2 N–H and O–H groups in total. The van der Waals surface area contributed by atoms with Gasteiger partial charge in [-0.25, -0.2) is 4.79 Å². The van der Waals surface area contributed by atoms with Gasteiger partial charge in [0.05, 0.1) is 5.56 Å². The Morgan fingerprint density at radius 3 is 2.55 bits per heavy atom. The van der Waals surface area contributed by atoms with E-state index in [2.05, 4.69) is 5.32 Å². The lowest BCUT2D eigenvalue weighted by Gasteiger charge is -2.09. The zero-order valence-electron chi connectivity index (χ0n) is 12.4. The first kappa shape index (κ1) is 15.6. The summed E-state index contributed by atoms with van der Waals surface area (Å²) in [6, 6.07) is 11.7. The molecule has 5 heteroatoms. The molecule has 0 aliphatic heterocycles. The summed E-state index contributed by atoms with van der Waals surface area (Å²) in [6.07, 6.45) is 0. The van der Waals surface area contributed by atoms with E-state index in [4.69, 9.17) is 9.84 Å². The molecule has 0 aromatic heterocycles. The van der Waals surface area contributed by atoms with Gasteiger partial charge in [-0.05, 0) is 55.3 Å². The highest BCUT2D eigenvalue weighted by atomic mass is 16.5. The van der Waals surface area contributed by atoms with Gasteiger partial charge < -0.3 is 15.2 Å². The Balaban J connectivity index is 1.94. The highest BCUT2D eigenvalue weighted by Crippen LogP contribution is 2.15. The van der Waals surface area contributed by atoms with Gasteiger partial charge in [0.25, 0.3) is 5.91 Å². The summed E-state index contributed by atoms with van der Waals surface area (Å²) in [5, 5.41) is 11.6. The first-order valence-electron chi connectivity index (χ1n) is 6.79. The molecule has 0 unspecified atom stereocenters. The van der Waals surface area contributed by atoms with Crippen molar-refractivity contribution in [2.24, 2.45) is 0 Å². The lowest BCUT2D eigenvalue weighted by Crippen LogP contribution is -2.20. The number of amides is 1. The number of anilines is 1. The number of carbonyl (C=O) groups excluding carboxylic acids is 1. The third-order valence-corrected chi connectivity index (χ3v) is 3.24. The van der Waals surface area contributed by atoms with E-state index >= 15 is 0 Å². The molecule has 2 aromatic carbocycles. The number of rotatable bonds is 5. The van der Waals surface area contributed by atoms with E-state index in [0.29, 0.717) is 11.4 Å². The van der Waals surface area contributed by atoms with Crippen LogP contribution in [0.1, 0.15) is 21.5 Å². The molecule has 2 aromatic rings. The average Bonchev–Trinajstić information content (AvgIpc) is 2.49. The number of aromatic carboxylic acids is 1. The maximum Gasteiger partial charge on any atom is 0.335 e. The fraction of sp³-hybridized carbons (Fsp3) is 0.176. The molecule has 0 atom stereocenters. The van der Waals surface area contributed by atoms with Crippen LogP contribution in [0, 0.1) is 13.8 Å². The van der Waals surface area contributed by atoms with E-state index in [-0.39, 0.29) is 18.1 Å². The fourth-order valence-corrected chi connectivity index (χ4v) is 1.88. The van der Waals surface area contributed by atoms with Gasteiger partial charge in [0, 0.05) is 5.69 Å². The number of nitrogens with one attached hydrogen (secondary N) is 1. The number of carboxylic acids is 1. The second-order valence-corrected chi connectivity index (χ2v) is 4.97. The standard InChI is InChI=1S/C17H17NO4/c1-11-6-7-14(8-12(11)2)18-16(19)10-22-15-5-3-4-13(9-15)17(20)21/h3-9H,10H2,1-2H3,(H,18,19)(H,20,21). The van der Waals surface area contributed by atoms with Crippen LogP contribution in [0.3, 0.4) is 0 Å². The summed E-state index contributed by atoms with van der Waals surface area (Å²) in [5.74, 6) is -0.996. The third kappa shape index (κ3) is 4.09. The van der Waals surface area contributed by atoms with Crippen molar-refractivity contribution in [3.63, 3.8) is 0 Å². The van der Waals surface area contributed by atoms with E-state index in [1.54, 1.807) is 12.1 Å². The van der Waals surface area contributed by atoms with Gasteiger partial charge in [0.15, 0.2) is 6.61 Å². The van der Waals surface area contributed by atoms with Crippen molar-refractivity contribution in [2.75, 3.05) is 11.9 Å². The normalized spacial score (nSPS) is 10.1. The van der Waals surface area contributed by atoms with Gasteiger partial charge in [-0.3, -0.25) is 4.79 Å². The molecule has 0 saturated carbocycles. The third-order valence-electron chi connectivity index (χ3n) is 3.24. The highest BCUT2D eigenvalue weighted by molar-refractivity contribution is 5.92. The molecule has 2 rings (SSSR count). The Bertz CT molecular complexity index is 710. The molecule has 0 heterocycles. The molecule has 0 aliphatic carbocycles. The topological polar surface area (TPSA) is 75.6 Å². The summed E-state index contributed by atoms with van der Waals surface area (Å²) >= 11 is 0. The molecule has 5 nitrogen and oxygen atoms in total. The van der Waals surface area contributed by atoms with Crippen molar-refractivity contribution in [3.8, 4) is 5.75 Å². The van der Waals surface area contributed by atoms with E-state index in [9.17, 15) is 9.59 Å². The van der Waals surface area contributed by atoms with Crippen molar-refractivity contribution in [1.29, 1.82) is 0 Å². The summed E-state index contributed by atoms with van der Waals surface area (Å²) in [6.45, 7) is 3.79. The summed E-state index contributed by atoms with van der Waals surface area (Å²) in [4.78, 5) is 22.7. The summed E-state index contributed by atoms with van der Waals surface area (Å²) < 4.78 is 5.31. The van der Waals surface area contributed by atoms with E-state index in [1.807, 2.05) is 32.0 Å². The molecule has 0 saturated heterocycles. The molecular weight excluding hydrogens is 282 g/mol. The molecular formula is C17H17NO4. The average molecular weight is 299 g/mol. The summed E-state index contributed by atoms with van der Waals surface area (Å²) in [5.41, 5.74) is 3.07. The minimum Gasteiger partial charge on any atom is -0.484 e. The summed E-state index contributed by atoms with van der Waals surface area (Å²) in [7, 11) is 0. The number of ether oxygens (including phenoxy) is 1. The van der Waals surface area contributed by atoms with Gasteiger partial charge in [0.1, 0.15) is 5.75 Å². The second-order valence-electron chi connectivity index (χ2n) is 4.97. The Kier molecular flexibility index (Phi) is 4.78. The van der Waals surface area contributed by atoms with E-state index in [0.717, 1.165) is 11.1 Å². The smallest absolute Gasteiger partial charge is 0.335 e. The molecule has 1 amide bonds. The lowest BCUT2D eigenvalue weighted by atomic mass is 10.1. The van der Waals surface area contributed by atoms with Crippen LogP contribution in [0.5, 0.6) is 5.75 Å². The van der Waals surface area contributed by atoms with Crippen molar-refractivity contribution >= 4 is 17.6 Å². The lowest BCUT2D eigenvalue weighted by molar-refractivity contribution is -0.118. The second kappa shape index (κ2) is 6.76. The Hall–Kier alpha value is -2.82. The zero-order valence-corrected chi connectivity index (χ0v) is 12.4. The Labute approximate surface area is 128 Å². The molecule has 0 spiro atoms. The van der Waals surface area contributed by atoms with Gasteiger partial charge in [-0.1, -0.05) is 12.1 Å². The van der Waals surface area contributed by atoms with Crippen LogP contribution in [0.2, 0.25) is 0 Å². The monoisotopic (exact) mass is 299 g/mol. The van der Waals surface area contributed by atoms with Crippen LogP contribution in [-0.4, -0.2) is 23.6 Å². The van der Waals surface area contributed by atoms with Gasteiger partial charge >= 0.3 is 5.97 Å². The minimum atomic E-state index is -1.04. The van der Waals surface area contributed by atoms with Crippen LogP contribution in [0.15, 0.2) is 42.5 Å². The van der Waals surface area contributed by atoms with E-state index in [1.165, 1.54) is 12.1 Å². The number of hydrogen-bond donors (Lipinski definition) is 2. The molecule has 0 radical (unpaired) electrons. The molecule has 114 valence electrons. The first-order chi connectivity index (χ1) is 10.5. The van der Waals surface area contributed by atoms with Crippen molar-refractivity contribution in [3.05, 3.63) is 59.2 Å². The van der Waals surface area contributed by atoms with Crippen LogP contribution < -0.4 is 10.1 Å². The van der Waals surface area contributed by atoms with Gasteiger partial charge in [-0.15, -0.1) is 0 Å². The number of carbonyl (C=O) groups is 2. The molecule has 0 fully saturated rings. The maximum atomic E-state index is 11.8. The maximum absolute atomic E-state index is 11.8. The van der Waals surface area contributed by atoms with Crippen molar-refractivity contribution < 1.29 is 19.4 Å². The largest absolute Gasteiger partial charge is 0.484 e. The van der Waals surface area contributed by atoms with Crippen molar-refractivity contribution in [1.82, 2.24) is 0 Å². The molecule has 0 aliphatic rings. The Morgan fingerprint density at radius 2 is 1.86 bits per heavy atom. The predicted octanol–water partition coefficient (Wildman–Crippen LogP) is 3.02.